The molecule has 15 nitrogen and oxygen atoms in total. The Morgan fingerprint density at radius 1 is 0.941 bits per heavy atom. The highest BCUT2D eigenvalue weighted by atomic mass is 19.4. The predicted octanol–water partition coefficient (Wildman–Crippen LogP) is 6.22. The molecule has 4 heterocycles. The molecule has 3 amide bonds. The van der Waals surface area contributed by atoms with Crippen LogP contribution in [0.15, 0.2) is 54.7 Å². The van der Waals surface area contributed by atoms with Gasteiger partial charge in [0, 0.05) is 51.5 Å². The summed E-state index contributed by atoms with van der Waals surface area (Å²) in [4.78, 5) is 57.2. The number of phenols is 1. The van der Waals surface area contributed by atoms with Crippen LogP contribution in [-0.4, -0.2) is 144 Å². The number of morpholine rings is 1. The number of halogens is 6. The van der Waals surface area contributed by atoms with Crippen molar-refractivity contribution in [3.63, 3.8) is 0 Å². The number of benzene rings is 2. The van der Waals surface area contributed by atoms with Gasteiger partial charge < -0.3 is 44.9 Å². The molecule has 7 rings (SSSR count). The second-order valence-electron chi connectivity index (χ2n) is 17.4. The number of carbonyl (C=O) groups is 4. The minimum absolute atomic E-state index is 0.00236. The summed E-state index contributed by atoms with van der Waals surface area (Å²) in [5.74, 6) is -2.84. The number of pyridine rings is 1. The fraction of sp³-hybridized carbons (Fsp3) is 0.553. The number of carboxylic acid groups (broad SMARTS) is 1. The maximum atomic E-state index is 13.5. The number of piperidine rings is 1. The quantitative estimate of drug-likeness (QED) is 0.0724. The highest BCUT2D eigenvalue weighted by Gasteiger charge is 2.42. The molecule has 3 aromatic rings. The van der Waals surface area contributed by atoms with Crippen molar-refractivity contribution in [2.45, 2.75) is 94.7 Å². The van der Waals surface area contributed by atoms with Gasteiger partial charge >= 0.3 is 18.3 Å². The van der Waals surface area contributed by atoms with Gasteiger partial charge in [-0.2, -0.15) is 26.3 Å². The molecule has 0 atom stereocenters. The van der Waals surface area contributed by atoms with Crippen molar-refractivity contribution in [3.8, 4) is 11.5 Å². The lowest BCUT2D eigenvalue weighted by Gasteiger charge is -2.47. The second-order valence-corrected chi connectivity index (χ2v) is 17.4. The number of hydrogen-bond acceptors (Lipinski definition) is 11. The summed E-state index contributed by atoms with van der Waals surface area (Å²) >= 11 is 0. The number of nitrogens with zero attached hydrogens (tertiary/aromatic N) is 4. The standard InChI is InChI=1S/C45H57F3N6O7.C2HF3O2/c46-45(47,48)35-10-11-37(50-28-35)43(58)53-23-26-61-44(31-53)16-20-52(21-17-44)29-33-6-4-5-32(27-33)14-24-59-25-15-40(57)54(36-7-2-1-3-8-36)22-19-49-18-13-34-9-12-38(55)41-42(34)60-30-39(56)51-41;3-2(4,5)1(6)7/h4-6,9-12,27-28,36,49,55H,1-3,7-8,13-26,29-31H2,(H,51,56);(H,6,7). The van der Waals surface area contributed by atoms with E-state index in [0.29, 0.717) is 83.0 Å². The molecule has 0 bridgehead atoms. The fourth-order valence-electron chi connectivity index (χ4n) is 8.89. The smallest absolute Gasteiger partial charge is 0.490 e. The van der Waals surface area contributed by atoms with Crippen molar-refractivity contribution in [2.75, 3.05) is 77.6 Å². The van der Waals surface area contributed by atoms with Crippen LogP contribution in [-0.2, 0) is 49.4 Å². The van der Waals surface area contributed by atoms with E-state index in [4.69, 9.17) is 24.1 Å². The number of ether oxygens (including phenoxy) is 3. The van der Waals surface area contributed by atoms with Crippen molar-refractivity contribution >= 4 is 29.4 Å². The third-order valence-electron chi connectivity index (χ3n) is 12.5. The zero-order valence-corrected chi connectivity index (χ0v) is 37.6. The van der Waals surface area contributed by atoms with Crippen molar-refractivity contribution in [1.82, 2.24) is 25.0 Å². The predicted molar refractivity (Wildman–Crippen MR) is 235 cm³/mol. The molecule has 1 spiro atoms. The van der Waals surface area contributed by atoms with Crippen molar-refractivity contribution in [2.24, 2.45) is 0 Å². The average Bonchev–Trinajstić information content (AvgIpc) is 3.31. The number of aromatic hydroxyl groups is 1. The Labute approximate surface area is 390 Å². The Morgan fingerprint density at radius 2 is 1.68 bits per heavy atom. The zero-order valence-electron chi connectivity index (χ0n) is 37.6. The molecule has 3 aliphatic heterocycles. The number of hydrogen-bond donors (Lipinski definition) is 4. The molecule has 3 fully saturated rings. The number of rotatable bonds is 16. The van der Waals surface area contributed by atoms with Crippen LogP contribution in [0.5, 0.6) is 11.5 Å². The number of phenolic OH excluding ortho intramolecular Hbond substituents is 1. The first-order chi connectivity index (χ1) is 32.4. The summed E-state index contributed by atoms with van der Waals surface area (Å²) in [6.07, 6.45) is -0.218. The topological polar surface area (TPSA) is 183 Å². The first-order valence-electron chi connectivity index (χ1n) is 22.8. The number of likely N-dealkylation sites (tertiary alicyclic amines) is 1. The van der Waals surface area contributed by atoms with E-state index in [9.17, 15) is 45.8 Å². The number of fused-ring (bicyclic) bond motifs is 1. The van der Waals surface area contributed by atoms with E-state index in [1.165, 1.54) is 12.0 Å². The normalized spacial score (nSPS) is 17.6. The number of anilines is 1. The minimum atomic E-state index is -5.08. The number of carboxylic acids is 1. The molecule has 4 N–H and O–H groups in total. The highest BCUT2D eigenvalue weighted by Crippen LogP contribution is 2.39. The molecule has 372 valence electrons. The molecule has 1 aromatic heterocycles. The van der Waals surface area contributed by atoms with Gasteiger partial charge in [0.15, 0.2) is 12.4 Å². The average molecular weight is 965 g/mol. The van der Waals surface area contributed by atoms with Crippen LogP contribution in [0.25, 0.3) is 0 Å². The van der Waals surface area contributed by atoms with Crippen LogP contribution < -0.4 is 15.4 Å². The van der Waals surface area contributed by atoms with E-state index < -0.39 is 29.5 Å². The molecular weight excluding hydrogens is 907 g/mol. The molecular formula is C47H58F6N6O9. The molecule has 4 aliphatic rings. The van der Waals surface area contributed by atoms with Gasteiger partial charge in [0.05, 0.1) is 44.0 Å². The minimum Gasteiger partial charge on any atom is -0.506 e. The van der Waals surface area contributed by atoms with Gasteiger partial charge in [-0.3, -0.25) is 24.3 Å². The first-order valence-corrected chi connectivity index (χ1v) is 22.8. The Morgan fingerprint density at radius 3 is 2.37 bits per heavy atom. The van der Waals surface area contributed by atoms with Gasteiger partial charge in [0.2, 0.25) is 5.91 Å². The van der Waals surface area contributed by atoms with Gasteiger partial charge in [-0.05, 0) is 80.0 Å². The van der Waals surface area contributed by atoms with Gasteiger partial charge in [-0.25, -0.2) is 4.79 Å². The number of aliphatic carboxylic acids is 1. The summed E-state index contributed by atoms with van der Waals surface area (Å²) in [6, 6.07) is 14.1. The first kappa shape index (κ1) is 51.9. The number of amides is 3. The van der Waals surface area contributed by atoms with Gasteiger partial charge in [-0.15, -0.1) is 0 Å². The molecule has 21 heteroatoms. The fourth-order valence-corrected chi connectivity index (χ4v) is 8.89. The summed E-state index contributed by atoms with van der Waals surface area (Å²) in [6.45, 7) is 6.16. The summed E-state index contributed by atoms with van der Waals surface area (Å²) < 4.78 is 88.6. The van der Waals surface area contributed by atoms with E-state index >= 15 is 0 Å². The van der Waals surface area contributed by atoms with E-state index in [2.05, 4.69) is 44.8 Å². The lowest BCUT2D eigenvalue weighted by molar-refractivity contribution is -0.192. The van der Waals surface area contributed by atoms with Crippen LogP contribution >= 0.6 is 0 Å². The van der Waals surface area contributed by atoms with Gasteiger partial charge in [0.25, 0.3) is 11.8 Å². The van der Waals surface area contributed by atoms with Crippen LogP contribution in [0, 0.1) is 0 Å². The number of nitrogens with one attached hydrogen (secondary N) is 2. The SMILES string of the molecule is O=C(O)C(F)(F)F.O=C1COc2c(CCNCCN(C(=O)CCOCCc3cccc(CN4CCC5(CC4)CN(C(=O)c4ccc(C(F)(F)F)cn4)CCO5)c3)C3CCCCC3)ccc(O)c2N1. The molecule has 2 saturated heterocycles. The van der Waals surface area contributed by atoms with E-state index in [1.807, 2.05) is 4.90 Å². The Balaban J connectivity index is 0.00000101. The van der Waals surface area contributed by atoms with Crippen LogP contribution in [0.2, 0.25) is 0 Å². The second kappa shape index (κ2) is 23.7. The third-order valence-corrected chi connectivity index (χ3v) is 12.5. The van der Waals surface area contributed by atoms with Crippen LogP contribution in [0.1, 0.15) is 84.1 Å². The number of alkyl halides is 6. The molecule has 2 aromatic carbocycles. The summed E-state index contributed by atoms with van der Waals surface area (Å²) in [5, 5.41) is 23.4. The molecule has 1 aliphatic carbocycles. The third kappa shape index (κ3) is 14.7. The summed E-state index contributed by atoms with van der Waals surface area (Å²) in [5.41, 5.74) is 2.19. The Hall–Kier alpha value is -5.51. The maximum absolute atomic E-state index is 13.5. The number of aromatic nitrogens is 1. The lowest BCUT2D eigenvalue weighted by atomic mass is 9.89. The molecule has 0 radical (unpaired) electrons. The highest BCUT2D eigenvalue weighted by molar-refractivity contribution is 5.97. The molecule has 0 unspecified atom stereocenters. The van der Waals surface area contributed by atoms with E-state index in [0.717, 1.165) is 87.8 Å². The largest absolute Gasteiger partial charge is 0.506 e. The molecule has 68 heavy (non-hydrogen) atoms. The lowest BCUT2D eigenvalue weighted by Crippen LogP contribution is -2.58. The summed E-state index contributed by atoms with van der Waals surface area (Å²) in [7, 11) is 0. The van der Waals surface area contributed by atoms with E-state index in [1.54, 1.807) is 17.0 Å². The van der Waals surface area contributed by atoms with Gasteiger partial charge in [0.1, 0.15) is 17.1 Å². The van der Waals surface area contributed by atoms with Crippen molar-refractivity contribution < 1.29 is 69.9 Å². The van der Waals surface area contributed by atoms with Crippen LogP contribution in [0.4, 0.5) is 32.0 Å². The maximum Gasteiger partial charge on any atom is 0.490 e. The number of carbonyl (C=O) groups excluding carboxylic acids is 3. The molecule has 1 saturated carbocycles. The van der Waals surface area contributed by atoms with E-state index in [-0.39, 0.29) is 41.8 Å². The Bertz CT molecular complexity index is 2180. The monoisotopic (exact) mass is 964 g/mol. The Kier molecular flexibility index (Phi) is 18.1. The van der Waals surface area contributed by atoms with Crippen LogP contribution in [0.3, 0.4) is 0 Å². The zero-order chi connectivity index (χ0) is 48.9. The van der Waals surface area contributed by atoms with Gasteiger partial charge in [-0.1, -0.05) is 49.6 Å². The van der Waals surface area contributed by atoms with Crippen molar-refractivity contribution in [3.05, 3.63) is 82.7 Å². The van der Waals surface area contributed by atoms with Crippen molar-refractivity contribution in [1.29, 1.82) is 0 Å².